The molecular formula is C23H34IN3O3. The van der Waals surface area contributed by atoms with E-state index >= 15 is 0 Å². The van der Waals surface area contributed by atoms with Crippen LogP contribution in [0, 0.1) is 0 Å². The van der Waals surface area contributed by atoms with E-state index in [-0.39, 0.29) is 24.0 Å². The molecule has 0 fully saturated rings. The lowest BCUT2D eigenvalue weighted by molar-refractivity contribution is 0.0698. The van der Waals surface area contributed by atoms with Gasteiger partial charge in [0.05, 0.1) is 13.2 Å². The first-order valence-corrected chi connectivity index (χ1v) is 10.1. The van der Waals surface area contributed by atoms with Gasteiger partial charge in [-0.05, 0) is 36.1 Å². The van der Waals surface area contributed by atoms with Crippen molar-refractivity contribution in [2.24, 2.45) is 4.99 Å². The summed E-state index contributed by atoms with van der Waals surface area (Å²) in [7, 11) is 3.46. The Balaban J connectivity index is 0.00000450. The van der Waals surface area contributed by atoms with Crippen molar-refractivity contribution in [3.8, 4) is 5.75 Å². The van der Waals surface area contributed by atoms with Crippen LogP contribution in [0.3, 0.4) is 0 Å². The second-order valence-electron chi connectivity index (χ2n) is 6.55. The Kier molecular flexibility index (Phi) is 14.8. The predicted octanol–water partition coefficient (Wildman–Crippen LogP) is 3.64. The van der Waals surface area contributed by atoms with E-state index in [0.29, 0.717) is 26.4 Å². The lowest BCUT2D eigenvalue weighted by Gasteiger charge is -2.12. The molecule has 30 heavy (non-hydrogen) atoms. The van der Waals surface area contributed by atoms with E-state index in [1.54, 1.807) is 14.2 Å². The zero-order valence-electron chi connectivity index (χ0n) is 17.9. The van der Waals surface area contributed by atoms with E-state index in [0.717, 1.165) is 37.6 Å². The molecule has 0 unspecified atom stereocenters. The molecule has 0 aromatic heterocycles. The lowest BCUT2D eigenvalue weighted by Crippen LogP contribution is -2.39. The molecule has 7 heteroatoms. The monoisotopic (exact) mass is 527 g/mol. The Morgan fingerprint density at radius 2 is 1.60 bits per heavy atom. The molecule has 0 heterocycles. The Morgan fingerprint density at radius 1 is 0.867 bits per heavy atom. The van der Waals surface area contributed by atoms with E-state index in [9.17, 15) is 0 Å². The van der Waals surface area contributed by atoms with Crippen molar-refractivity contribution in [3.05, 3.63) is 65.7 Å². The number of halogens is 1. The topological polar surface area (TPSA) is 64.1 Å². The summed E-state index contributed by atoms with van der Waals surface area (Å²) >= 11 is 0. The fraction of sp³-hybridized carbons (Fsp3) is 0.435. The highest BCUT2D eigenvalue weighted by molar-refractivity contribution is 14.0. The maximum absolute atomic E-state index is 5.83. The van der Waals surface area contributed by atoms with E-state index in [1.807, 2.05) is 30.3 Å². The van der Waals surface area contributed by atoms with Crippen molar-refractivity contribution in [2.45, 2.75) is 19.4 Å². The first-order valence-electron chi connectivity index (χ1n) is 10.1. The van der Waals surface area contributed by atoms with Gasteiger partial charge < -0.3 is 24.8 Å². The maximum Gasteiger partial charge on any atom is 0.190 e. The van der Waals surface area contributed by atoms with Gasteiger partial charge in [-0.3, -0.25) is 4.99 Å². The first-order chi connectivity index (χ1) is 14.3. The molecule has 0 atom stereocenters. The van der Waals surface area contributed by atoms with E-state index in [1.165, 1.54) is 11.1 Å². The summed E-state index contributed by atoms with van der Waals surface area (Å²) in [4.78, 5) is 4.25. The Morgan fingerprint density at radius 3 is 2.30 bits per heavy atom. The number of rotatable bonds is 13. The van der Waals surface area contributed by atoms with Gasteiger partial charge in [0.1, 0.15) is 12.4 Å². The molecule has 2 aromatic rings. The van der Waals surface area contributed by atoms with Crippen molar-refractivity contribution in [1.29, 1.82) is 0 Å². The van der Waals surface area contributed by atoms with Crippen LogP contribution in [-0.2, 0) is 22.5 Å². The SMILES string of the molecule is CN=C(NCCCOCCOC)NCCc1ccc(OCc2ccccc2)cc1.I. The third-order valence-electron chi connectivity index (χ3n) is 4.29. The van der Waals surface area contributed by atoms with Crippen LogP contribution in [0.25, 0.3) is 0 Å². The van der Waals surface area contributed by atoms with Gasteiger partial charge >= 0.3 is 0 Å². The molecule has 2 N–H and O–H groups in total. The molecule has 0 saturated carbocycles. The minimum atomic E-state index is 0. The molecular weight excluding hydrogens is 493 g/mol. The standard InChI is InChI=1S/C23H33N3O3.HI/c1-24-23(25-14-6-16-28-18-17-27-2)26-15-13-20-9-11-22(12-10-20)29-19-21-7-4-3-5-8-21;/h3-5,7-12H,6,13-19H2,1-2H3,(H2,24,25,26);1H. The molecule has 0 saturated heterocycles. The van der Waals surface area contributed by atoms with Crippen LogP contribution < -0.4 is 15.4 Å². The van der Waals surface area contributed by atoms with Gasteiger partial charge in [-0.2, -0.15) is 0 Å². The van der Waals surface area contributed by atoms with Crippen LogP contribution in [-0.4, -0.2) is 53.0 Å². The summed E-state index contributed by atoms with van der Waals surface area (Å²) in [5.41, 5.74) is 2.42. The Labute approximate surface area is 197 Å². The van der Waals surface area contributed by atoms with Gasteiger partial charge in [0.25, 0.3) is 0 Å². The fourth-order valence-electron chi connectivity index (χ4n) is 2.66. The molecule has 166 valence electrons. The smallest absolute Gasteiger partial charge is 0.190 e. The fourth-order valence-corrected chi connectivity index (χ4v) is 2.66. The van der Waals surface area contributed by atoms with E-state index in [2.05, 4.69) is 39.9 Å². The molecule has 0 aliphatic carbocycles. The highest BCUT2D eigenvalue weighted by atomic mass is 127. The third kappa shape index (κ3) is 11.4. The number of guanidine groups is 1. The second kappa shape index (κ2) is 16.9. The summed E-state index contributed by atoms with van der Waals surface area (Å²) in [5.74, 6) is 1.69. The molecule has 0 spiro atoms. The number of nitrogens with zero attached hydrogens (tertiary/aromatic N) is 1. The number of hydrogen-bond donors (Lipinski definition) is 2. The van der Waals surface area contributed by atoms with Crippen molar-refractivity contribution in [1.82, 2.24) is 10.6 Å². The minimum absolute atomic E-state index is 0. The second-order valence-corrected chi connectivity index (χ2v) is 6.55. The van der Waals surface area contributed by atoms with Crippen LogP contribution in [0.15, 0.2) is 59.6 Å². The Bertz CT molecular complexity index is 697. The molecule has 6 nitrogen and oxygen atoms in total. The van der Waals surface area contributed by atoms with Gasteiger partial charge in [0.2, 0.25) is 0 Å². The van der Waals surface area contributed by atoms with Gasteiger partial charge in [0, 0.05) is 33.9 Å². The molecule has 0 radical (unpaired) electrons. The average molecular weight is 527 g/mol. The van der Waals surface area contributed by atoms with Crippen molar-refractivity contribution >= 4 is 29.9 Å². The van der Waals surface area contributed by atoms with Crippen molar-refractivity contribution < 1.29 is 14.2 Å². The number of ether oxygens (including phenoxy) is 3. The van der Waals surface area contributed by atoms with Crippen molar-refractivity contribution in [3.63, 3.8) is 0 Å². The molecule has 2 rings (SSSR count). The highest BCUT2D eigenvalue weighted by Crippen LogP contribution is 2.14. The molecule has 0 amide bonds. The Hall–Kier alpha value is -1.84. The molecule has 0 aliphatic rings. The summed E-state index contributed by atoms with van der Waals surface area (Å²) < 4.78 is 16.2. The van der Waals surface area contributed by atoms with Crippen LogP contribution in [0.5, 0.6) is 5.75 Å². The quantitative estimate of drug-likeness (QED) is 0.180. The van der Waals surface area contributed by atoms with E-state index in [4.69, 9.17) is 14.2 Å². The minimum Gasteiger partial charge on any atom is -0.489 e. The van der Waals surface area contributed by atoms with Crippen LogP contribution in [0.4, 0.5) is 0 Å². The van der Waals surface area contributed by atoms with Gasteiger partial charge in [-0.25, -0.2) is 0 Å². The highest BCUT2D eigenvalue weighted by Gasteiger charge is 2.00. The summed E-state index contributed by atoms with van der Waals surface area (Å²) in [6.07, 6.45) is 1.84. The van der Waals surface area contributed by atoms with E-state index < -0.39 is 0 Å². The first kappa shape index (κ1) is 26.2. The largest absolute Gasteiger partial charge is 0.489 e. The number of nitrogens with one attached hydrogen (secondary N) is 2. The molecule has 0 bridgehead atoms. The van der Waals surface area contributed by atoms with Crippen LogP contribution >= 0.6 is 24.0 Å². The zero-order chi connectivity index (χ0) is 20.6. The van der Waals surface area contributed by atoms with Crippen LogP contribution in [0.1, 0.15) is 17.5 Å². The summed E-state index contributed by atoms with van der Waals surface area (Å²) in [6, 6.07) is 18.4. The average Bonchev–Trinajstić information content (AvgIpc) is 2.77. The summed E-state index contributed by atoms with van der Waals surface area (Å²) in [6.45, 7) is 4.21. The number of hydrogen-bond acceptors (Lipinski definition) is 4. The van der Waals surface area contributed by atoms with Gasteiger partial charge in [0.15, 0.2) is 5.96 Å². The number of methoxy groups -OCH3 is 1. The lowest BCUT2D eigenvalue weighted by atomic mass is 10.1. The normalized spacial score (nSPS) is 10.9. The molecule has 0 aliphatic heterocycles. The van der Waals surface area contributed by atoms with Crippen molar-refractivity contribution in [2.75, 3.05) is 47.1 Å². The van der Waals surface area contributed by atoms with Crippen LogP contribution in [0.2, 0.25) is 0 Å². The molecule has 2 aromatic carbocycles. The number of aliphatic imine (C=N–C) groups is 1. The maximum atomic E-state index is 5.83. The predicted molar refractivity (Wildman–Crippen MR) is 133 cm³/mol. The van der Waals surface area contributed by atoms with Gasteiger partial charge in [-0.15, -0.1) is 24.0 Å². The summed E-state index contributed by atoms with van der Waals surface area (Å²) in [5, 5.41) is 6.63. The number of benzene rings is 2. The third-order valence-corrected chi connectivity index (χ3v) is 4.29. The zero-order valence-corrected chi connectivity index (χ0v) is 20.3. The van der Waals surface area contributed by atoms with Gasteiger partial charge in [-0.1, -0.05) is 42.5 Å².